The molecular formula is C10H23NO. The molecule has 2 nitrogen and oxygen atoms in total. The zero-order valence-electron chi connectivity index (χ0n) is 8.88. The minimum atomic E-state index is -0.312. The van der Waals surface area contributed by atoms with Gasteiger partial charge in [0.15, 0.2) is 0 Å². The Morgan fingerprint density at radius 1 is 1.17 bits per heavy atom. The van der Waals surface area contributed by atoms with Gasteiger partial charge in [-0.2, -0.15) is 0 Å². The van der Waals surface area contributed by atoms with Gasteiger partial charge in [0.25, 0.3) is 0 Å². The molecule has 0 heterocycles. The first kappa shape index (κ1) is 11.9. The molecule has 0 aliphatic carbocycles. The molecule has 1 N–H and O–H groups in total. The molecule has 0 aromatic rings. The van der Waals surface area contributed by atoms with Crippen LogP contribution >= 0.6 is 0 Å². The second kappa shape index (κ2) is 6.44. The molecule has 2 heteroatoms. The standard InChI is InChI=1S/C10H23NO/c1-5-7-10(8-6-2)11(4)9(3)12/h9-10,12H,5-8H2,1-4H3. The Labute approximate surface area is 76.6 Å². The van der Waals surface area contributed by atoms with Gasteiger partial charge in [-0.1, -0.05) is 26.7 Å². The molecule has 0 saturated carbocycles. The zero-order chi connectivity index (χ0) is 9.56. The summed E-state index contributed by atoms with van der Waals surface area (Å²) < 4.78 is 0. The molecule has 0 radical (unpaired) electrons. The van der Waals surface area contributed by atoms with Gasteiger partial charge in [-0.25, -0.2) is 0 Å². The summed E-state index contributed by atoms with van der Waals surface area (Å²) in [7, 11) is 2.00. The molecule has 0 aromatic carbocycles. The van der Waals surface area contributed by atoms with E-state index < -0.39 is 0 Å². The SMILES string of the molecule is CCCC(CCC)N(C)C(C)O. The van der Waals surface area contributed by atoms with Crippen LogP contribution in [0, 0.1) is 0 Å². The highest BCUT2D eigenvalue weighted by molar-refractivity contribution is 4.68. The smallest absolute Gasteiger partial charge is 0.104 e. The predicted molar refractivity (Wildman–Crippen MR) is 53.0 cm³/mol. The van der Waals surface area contributed by atoms with Gasteiger partial charge in [0, 0.05) is 6.04 Å². The lowest BCUT2D eigenvalue weighted by Crippen LogP contribution is -2.38. The van der Waals surface area contributed by atoms with Crippen LogP contribution in [0.15, 0.2) is 0 Å². The zero-order valence-corrected chi connectivity index (χ0v) is 8.88. The van der Waals surface area contributed by atoms with Crippen LogP contribution in [0.2, 0.25) is 0 Å². The Morgan fingerprint density at radius 3 is 1.83 bits per heavy atom. The van der Waals surface area contributed by atoms with E-state index in [-0.39, 0.29) is 6.23 Å². The van der Waals surface area contributed by atoms with Gasteiger partial charge in [-0.15, -0.1) is 0 Å². The monoisotopic (exact) mass is 173 g/mol. The molecule has 1 unspecified atom stereocenters. The summed E-state index contributed by atoms with van der Waals surface area (Å²) in [6.07, 6.45) is 4.46. The first-order valence-corrected chi connectivity index (χ1v) is 5.03. The number of aliphatic hydroxyl groups excluding tert-OH is 1. The van der Waals surface area contributed by atoms with Crippen LogP contribution in [0.4, 0.5) is 0 Å². The van der Waals surface area contributed by atoms with Gasteiger partial charge in [0.1, 0.15) is 6.23 Å². The Morgan fingerprint density at radius 2 is 1.58 bits per heavy atom. The molecule has 1 atom stereocenters. The van der Waals surface area contributed by atoms with Crippen LogP contribution in [0.5, 0.6) is 0 Å². The van der Waals surface area contributed by atoms with E-state index in [1.807, 2.05) is 14.0 Å². The average Bonchev–Trinajstić information content (AvgIpc) is 2.03. The molecule has 0 aromatic heterocycles. The highest BCUT2D eigenvalue weighted by atomic mass is 16.3. The van der Waals surface area contributed by atoms with E-state index in [2.05, 4.69) is 18.7 Å². The highest BCUT2D eigenvalue weighted by Gasteiger charge is 2.15. The lowest BCUT2D eigenvalue weighted by Gasteiger charge is -2.29. The number of aliphatic hydroxyl groups is 1. The van der Waals surface area contributed by atoms with Crippen LogP contribution in [-0.2, 0) is 0 Å². The predicted octanol–water partition coefficient (Wildman–Crippen LogP) is 2.23. The molecule has 74 valence electrons. The normalized spacial score (nSPS) is 14.2. The van der Waals surface area contributed by atoms with E-state index in [1.165, 1.54) is 25.7 Å². The van der Waals surface area contributed by atoms with Crippen molar-refractivity contribution in [3.8, 4) is 0 Å². The summed E-state index contributed by atoms with van der Waals surface area (Å²) in [5.41, 5.74) is 0. The van der Waals surface area contributed by atoms with Crippen LogP contribution < -0.4 is 0 Å². The van der Waals surface area contributed by atoms with Crippen molar-refractivity contribution in [3.63, 3.8) is 0 Å². The number of hydrogen-bond donors (Lipinski definition) is 1. The summed E-state index contributed by atoms with van der Waals surface area (Å²) in [6, 6.07) is 0.556. The molecular weight excluding hydrogens is 150 g/mol. The molecule has 0 aliphatic heterocycles. The third-order valence-corrected chi connectivity index (χ3v) is 2.41. The van der Waals surface area contributed by atoms with Gasteiger partial charge < -0.3 is 5.11 Å². The van der Waals surface area contributed by atoms with E-state index in [0.29, 0.717) is 6.04 Å². The second-order valence-electron chi connectivity index (χ2n) is 3.53. The van der Waals surface area contributed by atoms with Gasteiger partial charge in [0.05, 0.1) is 0 Å². The Bertz CT molecular complexity index is 98.0. The summed E-state index contributed by atoms with van der Waals surface area (Å²) in [5.74, 6) is 0. The van der Waals surface area contributed by atoms with Gasteiger partial charge in [0.2, 0.25) is 0 Å². The third-order valence-electron chi connectivity index (χ3n) is 2.41. The fraction of sp³-hybridized carbons (Fsp3) is 1.00. The van der Waals surface area contributed by atoms with Crippen LogP contribution in [-0.4, -0.2) is 29.3 Å². The molecule has 0 bridgehead atoms. The lowest BCUT2D eigenvalue weighted by atomic mass is 10.1. The Hall–Kier alpha value is -0.0800. The minimum absolute atomic E-state index is 0.312. The van der Waals surface area contributed by atoms with Crippen molar-refractivity contribution in [2.45, 2.75) is 58.7 Å². The third kappa shape index (κ3) is 4.07. The van der Waals surface area contributed by atoms with Crippen molar-refractivity contribution >= 4 is 0 Å². The van der Waals surface area contributed by atoms with Crippen molar-refractivity contribution in [1.29, 1.82) is 0 Å². The first-order chi connectivity index (χ1) is 5.63. The number of rotatable bonds is 6. The molecule has 0 saturated heterocycles. The van der Waals surface area contributed by atoms with Crippen molar-refractivity contribution in [3.05, 3.63) is 0 Å². The van der Waals surface area contributed by atoms with E-state index in [4.69, 9.17) is 0 Å². The van der Waals surface area contributed by atoms with E-state index in [0.717, 1.165) is 0 Å². The first-order valence-electron chi connectivity index (χ1n) is 5.03. The molecule has 0 fully saturated rings. The van der Waals surface area contributed by atoms with Crippen LogP contribution in [0.25, 0.3) is 0 Å². The van der Waals surface area contributed by atoms with Gasteiger partial charge >= 0.3 is 0 Å². The van der Waals surface area contributed by atoms with Crippen molar-refractivity contribution in [1.82, 2.24) is 4.90 Å². The quantitative estimate of drug-likeness (QED) is 0.623. The fourth-order valence-corrected chi connectivity index (χ4v) is 1.52. The number of hydrogen-bond acceptors (Lipinski definition) is 2. The minimum Gasteiger partial charge on any atom is -0.379 e. The fourth-order valence-electron chi connectivity index (χ4n) is 1.52. The molecule has 0 rings (SSSR count). The Balaban J connectivity index is 3.89. The Kier molecular flexibility index (Phi) is 6.39. The van der Waals surface area contributed by atoms with E-state index in [1.54, 1.807) is 0 Å². The average molecular weight is 173 g/mol. The number of nitrogens with zero attached hydrogens (tertiary/aromatic N) is 1. The topological polar surface area (TPSA) is 23.5 Å². The molecule has 12 heavy (non-hydrogen) atoms. The second-order valence-corrected chi connectivity index (χ2v) is 3.53. The van der Waals surface area contributed by atoms with Gasteiger partial charge in [-0.3, -0.25) is 4.90 Å². The lowest BCUT2D eigenvalue weighted by molar-refractivity contribution is 0.00321. The van der Waals surface area contributed by atoms with E-state index in [9.17, 15) is 5.11 Å². The maximum atomic E-state index is 9.37. The van der Waals surface area contributed by atoms with Crippen molar-refractivity contribution < 1.29 is 5.11 Å². The summed E-state index contributed by atoms with van der Waals surface area (Å²) in [5, 5.41) is 9.37. The largest absolute Gasteiger partial charge is 0.379 e. The maximum Gasteiger partial charge on any atom is 0.104 e. The van der Waals surface area contributed by atoms with Gasteiger partial charge in [-0.05, 0) is 26.8 Å². The van der Waals surface area contributed by atoms with Crippen molar-refractivity contribution in [2.24, 2.45) is 0 Å². The highest BCUT2D eigenvalue weighted by Crippen LogP contribution is 2.12. The molecule has 0 amide bonds. The molecule has 0 aliphatic rings. The molecule has 0 spiro atoms. The van der Waals surface area contributed by atoms with Crippen LogP contribution in [0.1, 0.15) is 46.5 Å². The van der Waals surface area contributed by atoms with Crippen LogP contribution in [0.3, 0.4) is 0 Å². The summed E-state index contributed by atoms with van der Waals surface area (Å²) in [6.45, 7) is 6.22. The summed E-state index contributed by atoms with van der Waals surface area (Å²) in [4.78, 5) is 2.06. The van der Waals surface area contributed by atoms with E-state index >= 15 is 0 Å². The van der Waals surface area contributed by atoms with Crippen molar-refractivity contribution in [2.75, 3.05) is 7.05 Å². The maximum absolute atomic E-state index is 9.37. The summed E-state index contributed by atoms with van der Waals surface area (Å²) >= 11 is 0.